The van der Waals surface area contributed by atoms with Gasteiger partial charge >= 0.3 is 5.97 Å². The summed E-state index contributed by atoms with van der Waals surface area (Å²) in [6, 6.07) is 18.9. The van der Waals surface area contributed by atoms with Crippen molar-refractivity contribution >= 4 is 33.3 Å². The second-order valence-corrected chi connectivity index (χ2v) is 8.17. The standard InChI is InChI=1S/C22H20N2O5S/c1-15-10-12-18(13-11-15)30(27,28)24-20-9-4-3-8-19(20)21(25)23-17-7-5-6-16(14-17)22(26)29-2/h3-14,24H,1-2H3,(H,23,25). The Kier molecular flexibility index (Phi) is 6.17. The van der Waals surface area contributed by atoms with Crippen LogP contribution in [0, 0.1) is 6.92 Å². The number of rotatable bonds is 6. The van der Waals surface area contributed by atoms with Crippen molar-refractivity contribution in [3.05, 3.63) is 89.5 Å². The van der Waals surface area contributed by atoms with Gasteiger partial charge in [-0.05, 0) is 49.4 Å². The van der Waals surface area contributed by atoms with E-state index in [1.807, 2.05) is 6.92 Å². The number of hydrogen-bond acceptors (Lipinski definition) is 5. The number of nitrogens with one attached hydrogen (secondary N) is 2. The minimum Gasteiger partial charge on any atom is -0.465 e. The molecule has 7 nitrogen and oxygen atoms in total. The van der Waals surface area contributed by atoms with Gasteiger partial charge in [0.2, 0.25) is 0 Å². The second-order valence-electron chi connectivity index (χ2n) is 6.49. The molecular weight excluding hydrogens is 404 g/mol. The van der Waals surface area contributed by atoms with Gasteiger partial charge in [-0.25, -0.2) is 13.2 Å². The topological polar surface area (TPSA) is 102 Å². The van der Waals surface area contributed by atoms with E-state index in [-0.39, 0.29) is 21.7 Å². The summed E-state index contributed by atoms with van der Waals surface area (Å²) >= 11 is 0. The van der Waals surface area contributed by atoms with Crippen molar-refractivity contribution in [3.63, 3.8) is 0 Å². The maximum atomic E-state index is 12.8. The molecule has 0 aliphatic heterocycles. The fourth-order valence-electron chi connectivity index (χ4n) is 2.73. The number of aryl methyl sites for hydroxylation is 1. The minimum atomic E-state index is -3.87. The van der Waals surface area contributed by atoms with Gasteiger partial charge in [-0.3, -0.25) is 9.52 Å². The molecule has 154 valence electrons. The maximum Gasteiger partial charge on any atom is 0.337 e. The number of para-hydroxylation sites is 1. The molecule has 0 saturated heterocycles. The molecule has 30 heavy (non-hydrogen) atoms. The molecule has 0 atom stereocenters. The Morgan fingerprint density at radius 3 is 2.30 bits per heavy atom. The normalized spacial score (nSPS) is 10.9. The average molecular weight is 424 g/mol. The summed E-state index contributed by atoms with van der Waals surface area (Å²) in [6.07, 6.45) is 0. The van der Waals surface area contributed by atoms with Crippen LogP contribution >= 0.6 is 0 Å². The molecule has 3 aromatic rings. The molecular formula is C22H20N2O5S. The zero-order valence-corrected chi connectivity index (χ0v) is 17.2. The largest absolute Gasteiger partial charge is 0.465 e. The number of esters is 1. The van der Waals surface area contributed by atoms with Gasteiger partial charge in [0.1, 0.15) is 0 Å². The number of benzene rings is 3. The first-order chi connectivity index (χ1) is 14.3. The quantitative estimate of drug-likeness (QED) is 0.586. The molecule has 3 aromatic carbocycles. The molecule has 0 spiro atoms. The fourth-order valence-corrected chi connectivity index (χ4v) is 3.81. The minimum absolute atomic E-state index is 0.0918. The van der Waals surface area contributed by atoms with Gasteiger partial charge < -0.3 is 10.1 Å². The number of carbonyl (C=O) groups excluding carboxylic acids is 2. The lowest BCUT2D eigenvalue weighted by Gasteiger charge is -2.13. The number of carbonyl (C=O) groups is 2. The van der Waals surface area contributed by atoms with Crippen LogP contribution in [0.2, 0.25) is 0 Å². The lowest BCUT2D eigenvalue weighted by atomic mass is 10.1. The summed E-state index contributed by atoms with van der Waals surface area (Å²) in [6.45, 7) is 1.86. The van der Waals surface area contributed by atoms with Crippen molar-refractivity contribution in [2.75, 3.05) is 17.1 Å². The van der Waals surface area contributed by atoms with E-state index < -0.39 is 21.9 Å². The van der Waals surface area contributed by atoms with Gasteiger partial charge in [-0.15, -0.1) is 0 Å². The molecule has 8 heteroatoms. The van der Waals surface area contributed by atoms with Crippen molar-refractivity contribution in [1.29, 1.82) is 0 Å². The number of anilines is 2. The maximum absolute atomic E-state index is 12.8. The van der Waals surface area contributed by atoms with Crippen LogP contribution in [0.25, 0.3) is 0 Å². The van der Waals surface area contributed by atoms with Crippen molar-refractivity contribution in [1.82, 2.24) is 0 Å². The summed E-state index contributed by atoms with van der Waals surface area (Å²) in [7, 11) is -2.60. The number of amides is 1. The molecule has 2 N–H and O–H groups in total. The lowest BCUT2D eigenvalue weighted by Crippen LogP contribution is -2.18. The molecule has 0 saturated carbocycles. The summed E-state index contributed by atoms with van der Waals surface area (Å²) < 4.78 is 32.6. The van der Waals surface area contributed by atoms with E-state index in [4.69, 9.17) is 0 Å². The second kappa shape index (κ2) is 8.79. The molecule has 0 bridgehead atoms. The molecule has 0 fully saturated rings. The number of ether oxygens (including phenoxy) is 1. The van der Waals surface area contributed by atoms with E-state index in [0.717, 1.165) is 5.56 Å². The Labute approximate surface area is 174 Å². The predicted octanol–water partition coefficient (Wildman–Crippen LogP) is 3.83. The van der Waals surface area contributed by atoms with E-state index in [2.05, 4.69) is 14.8 Å². The zero-order valence-electron chi connectivity index (χ0n) is 16.4. The molecule has 0 heterocycles. The van der Waals surface area contributed by atoms with Crippen LogP contribution in [-0.2, 0) is 14.8 Å². The highest BCUT2D eigenvalue weighted by atomic mass is 32.2. The van der Waals surface area contributed by atoms with Gasteiger partial charge in [0.05, 0.1) is 28.8 Å². The zero-order chi connectivity index (χ0) is 21.7. The van der Waals surface area contributed by atoms with E-state index in [1.165, 1.54) is 37.4 Å². The van der Waals surface area contributed by atoms with E-state index >= 15 is 0 Å². The lowest BCUT2D eigenvalue weighted by molar-refractivity contribution is 0.0600. The van der Waals surface area contributed by atoms with Crippen molar-refractivity contribution in [2.24, 2.45) is 0 Å². The van der Waals surface area contributed by atoms with Gasteiger partial charge in [-0.1, -0.05) is 35.9 Å². The third-order valence-corrected chi connectivity index (χ3v) is 5.67. The Hall–Kier alpha value is -3.65. The molecule has 0 aliphatic rings. The highest BCUT2D eigenvalue weighted by molar-refractivity contribution is 7.92. The van der Waals surface area contributed by atoms with E-state index in [0.29, 0.717) is 5.69 Å². The summed E-state index contributed by atoms with van der Waals surface area (Å²) in [5, 5.41) is 2.67. The molecule has 3 rings (SSSR count). The Bertz CT molecular complexity index is 1190. The van der Waals surface area contributed by atoms with Gasteiger partial charge in [0, 0.05) is 5.69 Å². The van der Waals surface area contributed by atoms with Crippen LogP contribution in [0.4, 0.5) is 11.4 Å². The summed E-state index contributed by atoms with van der Waals surface area (Å²) in [4.78, 5) is 24.6. The first kappa shape index (κ1) is 21.1. The van der Waals surface area contributed by atoms with Gasteiger partial charge in [-0.2, -0.15) is 0 Å². The third-order valence-electron chi connectivity index (χ3n) is 4.29. The van der Waals surface area contributed by atoms with E-state index in [9.17, 15) is 18.0 Å². The molecule has 0 unspecified atom stereocenters. The summed E-state index contributed by atoms with van der Waals surface area (Å²) in [5.41, 5.74) is 1.86. The van der Waals surface area contributed by atoms with Crippen LogP contribution in [0.1, 0.15) is 26.3 Å². The van der Waals surface area contributed by atoms with Gasteiger partial charge in [0.25, 0.3) is 15.9 Å². The predicted molar refractivity (Wildman–Crippen MR) is 114 cm³/mol. The van der Waals surface area contributed by atoms with E-state index in [1.54, 1.807) is 42.5 Å². The molecule has 0 aliphatic carbocycles. The van der Waals surface area contributed by atoms with Crippen molar-refractivity contribution < 1.29 is 22.7 Å². The number of hydrogen-bond donors (Lipinski definition) is 2. The Morgan fingerprint density at radius 2 is 1.60 bits per heavy atom. The fraction of sp³-hybridized carbons (Fsp3) is 0.0909. The van der Waals surface area contributed by atoms with Crippen LogP contribution < -0.4 is 10.0 Å². The third kappa shape index (κ3) is 4.84. The number of sulfonamides is 1. The monoisotopic (exact) mass is 424 g/mol. The average Bonchev–Trinajstić information content (AvgIpc) is 2.73. The van der Waals surface area contributed by atoms with Crippen molar-refractivity contribution in [3.8, 4) is 0 Å². The molecule has 0 aromatic heterocycles. The SMILES string of the molecule is COC(=O)c1cccc(NC(=O)c2ccccc2NS(=O)(=O)c2ccc(C)cc2)c1. The number of methoxy groups -OCH3 is 1. The van der Waals surface area contributed by atoms with Crippen LogP contribution in [0.3, 0.4) is 0 Å². The Balaban J connectivity index is 1.85. The highest BCUT2D eigenvalue weighted by Crippen LogP contribution is 2.22. The summed E-state index contributed by atoms with van der Waals surface area (Å²) in [5.74, 6) is -1.06. The van der Waals surface area contributed by atoms with Crippen LogP contribution in [0.5, 0.6) is 0 Å². The first-order valence-electron chi connectivity index (χ1n) is 8.98. The van der Waals surface area contributed by atoms with Gasteiger partial charge in [0.15, 0.2) is 0 Å². The first-order valence-corrected chi connectivity index (χ1v) is 10.5. The van der Waals surface area contributed by atoms with Crippen LogP contribution in [-0.4, -0.2) is 27.4 Å². The highest BCUT2D eigenvalue weighted by Gasteiger charge is 2.19. The molecule has 0 radical (unpaired) electrons. The van der Waals surface area contributed by atoms with Crippen molar-refractivity contribution in [2.45, 2.75) is 11.8 Å². The van der Waals surface area contributed by atoms with Crippen LogP contribution in [0.15, 0.2) is 77.7 Å². The smallest absolute Gasteiger partial charge is 0.337 e. The molecule has 1 amide bonds. The Morgan fingerprint density at radius 1 is 0.900 bits per heavy atom.